The molecule has 1 nitrogen and oxygen atoms in total. The van der Waals surface area contributed by atoms with Crippen molar-refractivity contribution in [2.45, 2.75) is 59.3 Å². The number of hydrogen-bond donors (Lipinski definition) is 0. The van der Waals surface area contributed by atoms with Crippen LogP contribution in [0.4, 0.5) is 17.1 Å². The number of anilines is 3. The molecule has 2 aliphatic rings. The van der Waals surface area contributed by atoms with E-state index in [2.05, 4.69) is 151 Å². The normalized spacial score (nSPS) is 19.3. The molecular weight excluding hydrogens is 458 g/mol. The topological polar surface area (TPSA) is 3.24 Å². The first-order valence-electron chi connectivity index (χ1n) is 13.7. The summed E-state index contributed by atoms with van der Waals surface area (Å²) in [7, 11) is 0. The quantitative estimate of drug-likeness (QED) is 0.339. The first kappa shape index (κ1) is 25.8. The Kier molecular flexibility index (Phi) is 6.43. The third-order valence-corrected chi connectivity index (χ3v) is 8.51. The van der Waals surface area contributed by atoms with Crippen LogP contribution in [-0.2, 0) is 10.8 Å². The maximum absolute atomic E-state index is 4.17. The van der Waals surface area contributed by atoms with Gasteiger partial charge in [0.25, 0.3) is 0 Å². The van der Waals surface area contributed by atoms with E-state index in [1.54, 1.807) is 0 Å². The van der Waals surface area contributed by atoms with Gasteiger partial charge in [-0.25, -0.2) is 0 Å². The highest BCUT2D eigenvalue weighted by molar-refractivity contribution is 5.92. The number of hydrogen-bond acceptors (Lipinski definition) is 1. The Morgan fingerprint density at radius 1 is 0.684 bits per heavy atom. The lowest BCUT2D eigenvalue weighted by molar-refractivity contribution is 0.654. The summed E-state index contributed by atoms with van der Waals surface area (Å²) < 4.78 is 0. The highest BCUT2D eigenvalue weighted by Crippen LogP contribution is 2.52. The molecule has 2 aliphatic carbocycles. The molecule has 3 aromatic rings. The molecule has 0 fully saturated rings. The molecule has 0 saturated carbocycles. The van der Waals surface area contributed by atoms with Crippen LogP contribution in [0.5, 0.6) is 0 Å². The molecule has 0 aromatic heterocycles. The summed E-state index contributed by atoms with van der Waals surface area (Å²) in [5.74, 6) is 0. The average molecular weight is 498 g/mol. The third-order valence-electron chi connectivity index (χ3n) is 8.51. The van der Waals surface area contributed by atoms with Crippen molar-refractivity contribution in [1.29, 1.82) is 0 Å². The van der Waals surface area contributed by atoms with E-state index in [-0.39, 0.29) is 10.8 Å². The summed E-state index contributed by atoms with van der Waals surface area (Å²) in [6.07, 6.45) is 10.9. The summed E-state index contributed by atoms with van der Waals surface area (Å²) in [4.78, 5) is 2.40. The van der Waals surface area contributed by atoms with Crippen molar-refractivity contribution >= 4 is 28.2 Å². The summed E-state index contributed by atoms with van der Waals surface area (Å²) >= 11 is 0. The van der Waals surface area contributed by atoms with Crippen LogP contribution < -0.4 is 4.90 Å². The van der Waals surface area contributed by atoms with Gasteiger partial charge in [0.2, 0.25) is 0 Å². The zero-order valence-corrected chi connectivity index (χ0v) is 23.9. The number of fused-ring (bicyclic) bond motifs is 2. The van der Waals surface area contributed by atoms with E-state index >= 15 is 0 Å². The van der Waals surface area contributed by atoms with Gasteiger partial charge in [0.15, 0.2) is 0 Å². The van der Waals surface area contributed by atoms with E-state index in [1.165, 1.54) is 55.9 Å². The minimum Gasteiger partial charge on any atom is -0.310 e. The second kappa shape index (κ2) is 9.48. The van der Waals surface area contributed by atoms with Crippen molar-refractivity contribution < 1.29 is 0 Å². The van der Waals surface area contributed by atoms with E-state index in [0.717, 1.165) is 5.69 Å². The third kappa shape index (κ3) is 3.76. The fraction of sp³-hybridized carbons (Fsp3) is 0.243. The van der Waals surface area contributed by atoms with E-state index < -0.39 is 0 Å². The highest BCUT2D eigenvalue weighted by atomic mass is 15.1. The molecule has 0 atom stereocenters. The van der Waals surface area contributed by atoms with E-state index in [0.29, 0.717) is 0 Å². The highest BCUT2D eigenvalue weighted by Gasteiger charge is 2.38. The number of nitrogens with zero attached hydrogens (tertiary/aromatic N) is 1. The van der Waals surface area contributed by atoms with Gasteiger partial charge in [-0.1, -0.05) is 95.0 Å². The Bertz CT molecular complexity index is 1540. The fourth-order valence-electron chi connectivity index (χ4n) is 6.66. The van der Waals surface area contributed by atoms with Crippen LogP contribution in [0.25, 0.3) is 11.1 Å². The van der Waals surface area contributed by atoms with Crippen molar-refractivity contribution in [3.8, 4) is 0 Å². The van der Waals surface area contributed by atoms with Crippen LogP contribution in [-0.4, -0.2) is 0 Å². The van der Waals surface area contributed by atoms with Gasteiger partial charge in [0.05, 0.1) is 0 Å². The van der Waals surface area contributed by atoms with Crippen LogP contribution >= 0.6 is 0 Å². The first-order chi connectivity index (χ1) is 18.2. The molecule has 192 valence electrons. The predicted molar refractivity (Wildman–Crippen MR) is 167 cm³/mol. The van der Waals surface area contributed by atoms with E-state index in [1.807, 2.05) is 6.08 Å². The van der Waals surface area contributed by atoms with Crippen molar-refractivity contribution in [3.63, 3.8) is 0 Å². The summed E-state index contributed by atoms with van der Waals surface area (Å²) in [6.45, 7) is 19.9. The Balaban J connectivity index is 1.71. The predicted octanol–water partition coefficient (Wildman–Crippen LogP) is 10.6. The maximum Gasteiger partial charge on any atom is 0.0465 e. The van der Waals surface area contributed by atoms with E-state index in [4.69, 9.17) is 0 Å². The monoisotopic (exact) mass is 497 g/mol. The average Bonchev–Trinajstić information content (AvgIpc) is 3.27. The molecule has 1 heteroatoms. The number of benzene rings is 3. The zero-order chi connectivity index (χ0) is 27.2. The summed E-state index contributed by atoms with van der Waals surface area (Å²) in [5.41, 5.74) is 14.0. The molecule has 3 aromatic carbocycles. The van der Waals surface area contributed by atoms with Crippen LogP contribution in [0.15, 0.2) is 115 Å². The van der Waals surface area contributed by atoms with Gasteiger partial charge >= 0.3 is 0 Å². The van der Waals surface area contributed by atoms with Crippen LogP contribution in [0.3, 0.4) is 0 Å². The van der Waals surface area contributed by atoms with Crippen molar-refractivity contribution in [1.82, 2.24) is 0 Å². The van der Waals surface area contributed by atoms with Crippen LogP contribution in [0, 0.1) is 0 Å². The lowest BCUT2D eigenvalue weighted by atomic mass is 9.81. The second-order valence-electron chi connectivity index (χ2n) is 11.3. The molecule has 0 unspecified atom stereocenters. The van der Waals surface area contributed by atoms with Crippen molar-refractivity contribution in [3.05, 3.63) is 137 Å². The molecule has 0 saturated heterocycles. The van der Waals surface area contributed by atoms with Crippen LogP contribution in [0.1, 0.15) is 70.7 Å². The van der Waals surface area contributed by atoms with E-state index in [9.17, 15) is 0 Å². The first-order valence-corrected chi connectivity index (χ1v) is 13.7. The van der Waals surface area contributed by atoms with Gasteiger partial charge in [-0.15, -0.1) is 0 Å². The summed E-state index contributed by atoms with van der Waals surface area (Å²) in [6, 6.07) is 24.7. The lowest BCUT2D eigenvalue weighted by Crippen LogP contribution is -2.18. The van der Waals surface area contributed by atoms with Gasteiger partial charge in [0, 0.05) is 27.9 Å². The molecule has 0 heterocycles. The van der Waals surface area contributed by atoms with Crippen LogP contribution in [0.2, 0.25) is 0 Å². The Labute approximate surface area is 229 Å². The largest absolute Gasteiger partial charge is 0.310 e. The molecule has 0 bridgehead atoms. The Hall–Kier alpha value is -3.84. The Morgan fingerprint density at radius 3 is 1.84 bits per heavy atom. The summed E-state index contributed by atoms with van der Waals surface area (Å²) in [5, 5.41) is 0. The minimum atomic E-state index is -0.119. The fourth-order valence-corrected chi connectivity index (χ4v) is 6.66. The molecule has 0 aliphatic heterocycles. The molecular formula is C37H39N. The Morgan fingerprint density at radius 2 is 1.29 bits per heavy atom. The minimum absolute atomic E-state index is 0.0472. The van der Waals surface area contributed by atoms with Crippen molar-refractivity contribution in [2.24, 2.45) is 0 Å². The van der Waals surface area contributed by atoms with Gasteiger partial charge in [0.1, 0.15) is 0 Å². The smallest absolute Gasteiger partial charge is 0.0465 e. The molecule has 0 spiro atoms. The molecule has 5 rings (SSSR count). The van der Waals surface area contributed by atoms with Gasteiger partial charge < -0.3 is 4.90 Å². The van der Waals surface area contributed by atoms with Gasteiger partial charge in [-0.2, -0.15) is 0 Å². The van der Waals surface area contributed by atoms with Gasteiger partial charge in [-0.05, 0) is 102 Å². The number of allylic oxidation sites excluding steroid dienone is 9. The SMILES string of the molecule is C=CC1=C(/C=C\C)c2ccc(N(c3ccccc3)c3ccc4c(c3)C(C)(C)C(=C/C)/C4=C\C)cc2C1(C)C. The standard InChI is InChI=1S/C37H39N/c1-9-16-29-31-22-20-27(24-35(31)37(7,8)33(29)12-4)38(25-17-14-13-15-18-25)26-19-21-30-28(10-2)32(11-3)36(5,6)34(30)23-26/h9-24H,4H2,1-3,5-8H3/b16-9-,28-10-,32-11+. The molecule has 0 radical (unpaired) electrons. The van der Waals surface area contributed by atoms with Crippen molar-refractivity contribution in [2.75, 3.05) is 4.90 Å². The molecule has 38 heavy (non-hydrogen) atoms. The van der Waals surface area contributed by atoms with Gasteiger partial charge in [-0.3, -0.25) is 0 Å². The maximum atomic E-state index is 4.17. The zero-order valence-electron chi connectivity index (χ0n) is 23.9. The number of rotatable bonds is 5. The molecule has 0 amide bonds. The lowest BCUT2D eigenvalue weighted by Gasteiger charge is -2.30. The number of para-hydroxylation sites is 1. The molecule has 0 N–H and O–H groups in total. The second-order valence-corrected chi connectivity index (χ2v) is 11.3.